The van der Waals surface area contributed by atoms with Gasteiger partial charge in [-0.1, -0.05) is 0 Å². The monoisotopic (exact) mass is 298 g/mol. The van der Waals surface area contributed by atoms with E-state index >= 15 is 0 Å². The molecule has 2 heterocycles. The summed E-state index contributed by atoms with van der Waals surface area (Å²) in [4.78, 5) is 49.4. The van der Waals surface area contributed by atoms with Gasteiger partial charge in [-0.25, -0.2) is 0 Å². The van der Waals surface area contributed by atoms with Gasteiger partial charge in [0.15, 0.2) is 0 Å². The van der Waals surface area contributed by atoms with Crippen molar-refractivity contribution in [1.29, 1.82) is 0 Å². The summed E-state index contributed by atoms with van der Waals surface area (Å²) in [6, 6.07) is 2.70. The van der Waals surface area contributed by atoms with Crippen molar-refractivity contribution in [3.8, 4) is 0 Å². The number of hydrogen-bond acceptors (Lipinski definition) is 4. The van der Waals surface area contributed by atoms with Gasteiger partial charge in [0.25, 0.3) is 11.8 Å². The number of nitrogens with one attached hydrogen (secondary N) is 1. The summed E-state index contributed by atoms with van der Waals surface area (Å²) in [6.45, 7) is 0. The van der Waals surface area contributed by atoms with Crippen LogP contribution in [0.5, 0.6) is 0 Å². The summed E-state index contributed by atoms with van der Waals surface area (Å²) in [5.41, 5.74) is 3.00. The maximum absolute atomic E-state index is 12.6. The third-order valence-corrected chi connectivity index (χ3v) is 4.65. The van der Waals surface area contributed by atoms with Crippen LogP contribution in [0.4, 0.5) is 0 Å². The fraction of sp³-hybridized carbons (Fsp3) is 0.375. The number of fused-ring (bicyclic) bond motifs is 2. The maximum atomic E-state index is 12.6. The zero-order valence-corrected chi connectivity index (χ0v) is 11.8. The molecule has 6 heteroatoms. The van der Waals surface area contributed by atoms with Gasteiger partial charge >= 0.3 is 0 Å². The molecule has 2 aliphatic heterocycles. The largest absolute Gasteiger partial charge is 0.295 e. The topological polar surface area (TPSA) is 83.6 Å². The molecular weight excluding hydrogens is 284 g/mol. The van der Waals surface area contributed by atoms with E-state index in [2.05, 4.69) is 5.32 Å². The highest BCUT2D eigenvalue weighted by molar-refractivity contribution is 6.23. The molecule has 1 aliphatic carbocycles. The second-order valence-corrected chi connectivity index (χ2v) is 5.97. The predicted octanol–water partition coefficient (Wildman–Crippen LogP) is 0.577. The minimum atomic E-state index is -0.889. The first-order chi connectivity index (χ1) is 10.6. The van der Waals surface area contributed by atoms with Gasteiger partial charge in [-0.3, -0.25) is 29.4 Å². The van der Waals surface area contributed by atoms with Gasteiger partial charge in [-0.2, -0.15) is 0 Å². The molecule has 1 aromatic carbocycles. The zero-order chi connectivity index (χ0) is 15.4. The molecule has 1 N–H and O–H groups in total. The molecule has 1 unspecified atom stereocenters. The number of benzene rings is 1. The molecule has 1 aromatic rings. The Labute approximate surface area is 126 Å². The molecule has 4 rings (SSSR count). The standard InChI is InChI=1S/C16H14N2O4/c19-13-5-4-12(14(20)17-13)18-15(21)10-6-8-2-1-3-9(8)7-11(10)16(18)22/h6-7,12H,1-5H2,(H,17,19,20). The molecule has 1 saturated heterocycles. The lowest BCUT2D eigenvalue weighted by atomic mass is 10.0. The zero-order valence-electron chi connectivity index (χ0n) is 11.8. The van der Waals surface area contributed by atoms with E-state index in [4.69, 9.17) is 0 Å². The van der Waals surface area contributed by atoms with Gasteiger partial charge in [0.1, 0.15) is 6.04 Å². The van der Waals surface area contributed by atoms with Crippen LogP contribution in [0.1, 0.15) is 51.1 Å². The SMILES string of the molecule is O=C1CCC(N2C(=O)c3cc4c(cc3C2=O)CCC4)C(=O)N1. The minimum absolute atomic E-state index is 0.139. The average molecular weight is 298 g/mol. The van der Waals surface area contributed by atoms with Crippen molar-refractivity contribution in [1.82, 2.24) is 10.2 Å². The van der Waals surface area contributed by atoms with Crippen LogP contribution >= 0.6 is 0 Å². The summed E-state index contributed by atoms with van der Waals surface area (Å²) in [5, 5.41) is 2.20. The molecule has 112 valence electrons. The molecular formula is C16H14N2O4. The minimum Gasteiger partial charge on any atom is -0.295 e. The normalized spacial score (nSPS) is 23.6. The van der Waals surface area contributed by atoms with Gasteiger partial charge < -0.3 is 0 Å². The first-order valence-corrected chi connectivity index (χ1v) is 7.43. The van der Waals surface area contributed by atoms with Crippen molar-refractivity contribution in [3.05, 3.63) is 34.4 Å². The highest BCUT2D eigenvalue weighted by atomic mass is 16.2. The first kappa shape index (κ1) is 13.2. The van der Waals surface area contributed by atoms with Crippen LogP contribution in [-0.4, -0.2) is 34.6 Å². The number of hydrogen-bond donors (Lipinski definition) is 1. The second-order valence-electron chi connectivity index (χ2n) is 5.97. The highest BCUT2D eigenvalue weighted by Crippen LogP contribution is 2.32. The van der Waals surface area contributed by atoms with E-state index in [0.717, 1.165) is 35.3 Å². The number of amides is 4. The van der Waals surface area contributed by atoms with Crippen molar-refractivity contribution in [2.45, 2.75) is 38.1 Å². The van der Waals surface area contributed by atoms with Crippen molar-refractivity contribution in [2.75, 3.05) is 0 Å². The van der Waals surface area contributed by atoms with Crippen LogP contribution in [0.15, 0.2) is 12.1 Å². The van der Waals surface area contributed by atoms with E-state index in [1.807, 2.05) is 0 Å². The Bertz CT molecular complexity index is 710. The molecule has 6 nitrogen and oxygen atoms in total. The molecule has 4 amide bonds. The summed E-state index contributed by atoms with van der Waals surface area (Å²) in [7, 11) is 0. The smallest absolute Gasteiger partial charge is 0.262 e. The van der Waals surface area contributed by atoms with Crippen LogP contribution in [0.2, 0.25) is 0 Å². The fourth-order valence-corrected chi connectivity index (χ4v) is 3.54. The molecule has 1 fully saturated rings. The summed E-state index contributed by atoms with van der Waals surface area (Å²) in [5.74, 6) is -1.79. The summed E-state index contributed by atoms with van der Waals surface area (Å²) < 4.78 is 0. The molecule has 3 aliphatic rings. The molecule has 1 atom stereocenters. The van der Waals surface area contributed by atoms with Crippen LogP contribution in [-0.2, 0) is 22.4 Å². The Balaban J connectivity index is 1.72. The number of nitrogens with zero attached hydrogens (tertiary/aromatic N) is 1. The van der Waals surface area contributed by atoms with E-state index in [0.29, 0.717) is 11.1 Å². The quantitative estimate of drug-likeness (QED) is 0.769. The number of imide groups is 2. The van der Waals surface area contributed by atoms with E-state index in [-0.39, 0.29) is 18.7 Å². The third-order valence-electron chi connectivity index (χ3n) is 4.65. The van der Waals surface area contributed by atoms with Crippen molar-refractivity contribution < 1.29 is 19.2 Å². The van der Waals surface area contributed by atoms with Gasteiger partial charge in [0.05, 0.1) is 11.1 Å². The lowest BCUT2D eigenvalue weighted by molar-refractivity contribution is -0.136. The third kappa shape index (κ3) is 1.73. The molecule has 0 aromatic heterocycles. The first-order valence-electron chi connectivity index (χ1n) is 7.43. The lowest BCUT2D eigenvalue weighted by Crippen LogP contribution is -2.54. The number of carbonyl (C=O) groups is 4. The molecule has 0 saturated carbocycles. The van der Waals surface area contributed by atoms with Crippen LogP contribution in [0.3, 0.4) is 0 Å². The highest BCUT2D eigenvalue weighted by Gasteiger charge is 2.45. The number of piperidine rings is 1. The van der Waals surface area contributed by atoms with Crippen molar-refractivity contribution in [3.63, 3.8) is 0 Å². The maximum Gasteiger partial charge on any atom is 0.262 e. The Morgan fingerprint density at radius 1 is 0.909 bits per heavy atom. The molecule has 0 radical (unpaired) electrons. The lowest BCUT2D eigenvalue weighted by Gasteiger charge is -2.27. The molecule has 0 bridgehead atoms. The Morgan fingerprint density at radius 2 is 1.50 bits per heavy atom. The van der Waals surface area contributed by atoms with E-state index in [9.17, 15) is 19.2 Å². The van der Waals surface area contributed by atoms with Gasteiger partial charge in [0, 0.05) is 6.42 Å². The number of carbonyl (C=O) groups excluding carboxylic acids is 4. The number of rotatable bonds is 1. The van der Waals surface area contributed by atoms with Crippen LogP contribution < -0.4 is 5.32 Å². The van der Waals surface area contributed by atoms with Crippen molar-refractivity contribution in [2.24, 2.45) is 0 Å². The molecule has 0 spiro atoms. The van der Waals surface area contributed by atoms with Gasteiger partial charge in [-0.15, -0.1) is 0 Å². The van der Waals surface area contributed by atoms with E-state index in [1.165, 1.54) is 0 Å². The Morgan fingerprint density at radius 3 is 2.05 bits per heavy atom. The van der Waals surface area contributed by atoms with Crippen LogP contribution in [0, 0.1) is 0 Å². The fourth-order valence-electron chi connectivity index (χ4n) is 3.54. The predicted molar refractivity (Wildman–Crippen MR) is 75.1 cm³/mol. The van der Waals surface area contributed by atoms with E-state index in [1.54, 1.807) is 12.1 Å². The summed E-state index contributed by atoms with van der Waals surface area (Å²) in [6.07, 6.45) is 3.21. The van der Waals surface area contributed by atoms with E-state index < -0.39 is 23.8 Å². The molecule has 22 heavy (non-hydrogen) atoms. The average Bonchev–Trinajstić information content (AvgIpc) is 3.03. The van der Waals surface area contributed by atoms with Crippen LogP contribution in [0.25, 0.3) is 0 Å². The van der Waals surface area contributed by atoms with Gasteiger partial charge in [-0.05, 0) is 48.9 Å². The second kappa shape index (κ2) is 4.50. The summed E-state index contributed by atoms with van der Waals surface area (Å²) >= 11 is 0. The Hall–Kier alpha value is -2.50. The Kier molecular flexibility index (Phi) is 2.69. The number of aryl methyl sites for hydroxylation is 2. The van der Waals surface area contributed by atoms with Gasteiger partial charge in [0.2, 0.25) is 11.8 Å². The van der Waals surface area contributed by atoms with Crippen molar-refractivity contribution >= 4 is 23.6 Å².